The molecule has 142 valence electrons. The topological polar surface area (TPSA) is 52.6 Å². The van der Waals surface area contributed by atoms with E-state index in [1.54, 1.807) is 11.3 Å². The molecule has 0 amide bonds. The number of nitrogens with zero attached hydrogens (tertiary/aromatic N) is 3. The van der Waals surface area contributed by atoms with E-state index >= 15 is 0 Å². The van der Waals surface area contributed by atoms with Crippen LogP contribution in [-0.4, -0.2) is 48.6 Å². The molecule has 5 nitrogen and oxygen atoms in total. The summed E-state index contributed by atoms with van der Waals surface area (Å²) in [5.41, 5.74) is 0. The minimum atomic E-state index is 0.553. The standard InChI is InChI=1S/C19H35N5S/c1-6-16-11-21-18(25-16)13-23-19(20-5)22-12-17(14(2)3)24-9-7-15(4)8-10-24/h11,14-15,17H,6-10,12-13H2,1-5H3,(H2,20,22,23). The molecule has 0 aliphatic carbocycles. The van der Waals surface area contributed by atoms with Gasteiger partial charge in [-0.3, -0.25) is 9.89 Å². The first-order valence-corrected chi connectivity index (χ1v) is 10.5. The second-order valence-corrected chi connectivity index (χ2v) is 8.61. The monoisotopic (exact) mass is 365 g/mol. The number of piperidine rings is 1. The van der Waals surface area contributed by atoms with E-state index in [-0.39, 0.29) is 0 Å². The van der Waals surface area contributed by atoms with Crippen molar-refractivity contribution in [3.05, 3.63) is 16.1 Å². The van der Waals surface area contributed by atoms with Gasteiger partial charge in [-0.2, -0.15) is 0 Å². The second-order valence-electron chi connectivity index (χ2n) is 7.41. The van der Waals surface area contributed by atoms with Crippen LogP contribution in [0.2, 0.25) is 0 Å². The first kappa shape index (κ1) is 20.2. The number of guanidine groups is 1. The maximum Gasteiger partial charge on any atom is 0.191 e. The summed E-state index contributed by atoms with van der Waals surface area (Å²) < 4.78 is 0. The number of thiazole rings is 1. The molecule has 1 atom stereocenters. The molecule has 25 heavy (non-hydrogen) atoms. The lowest BCUT2D eigenvalue weighted by Gasteiger charge is -2.39. The molecule has 1 saturated heterocycles. The number of hydrogen-bond acceptors (Lipinski definition) is 4. The summed E-state index contributed by atoms with van der Waals surface area (Å²) in [5, 5.41) is 8.04. The molecule has 1 aromatic heterocycles. The average Bonchev–Trinajstić information content (AvgIpc) is 3.07. The van der Waals surface area contributed by atoms with Crippen molar-refractivity contribution < 1.29 is 0 Å². The fourth-order valence-electron chi connectivity index (χ4n) is 3.32. The molecule has 1 aliphatic rings. The molecule has 0 spiro atoms. The smallest absolute Gasteiger partial charge is 0.191 e. The van der Waals surface area contributed by atoms with Gasteiger partial charge in [0.1, 0.15) is 5.01 Å². The first-order valence-electron chi connectivity index (χ1n) is 9.65. The summed E-state index contributed by atoms with van der Waals surface area (Å²) in [4.78, 5) is 12.8. The number of nitrogens with one attached hydrogen (secondary N) is 2. The predicted octanol–water partition coefficient (Wildman–Crippen LogP) is 3.13. The van der Waals surface area contributed by atoms with Crippen LogP contribution in [0.3, 0.4) is 0 Å². The zero-order chi connectivity index (χ0) is 18.2. The lowest BCUT2D eigenvalue weighted by Crippen LogP contribution is -2.51. The largest absolute Gasteiger partial charge is 0.355 e. The van der Waals surface area contributed by atoms with Crippen molar-refractivity contribution in [1.82, 2.24) is 20.5 Å². The summed E-state index contributed by atoms with van der Waals surface area (Å²) in [6.45, 7) is 13.3. The van der Waals surface area contributed by atoms with E-state index in [0.29, 0.717) is 12.0 Å². The lowest BCUT2D eigenvalue weighted by molar-refractivity contribution is 0.110. The number of likely N-dealkylation sites (tertiary alicyclic amines) is 1. The van der Waals surface area contributed by atoms with Gasteiger partial charge < -0.3 is 10.6 Å². The van der Waals surface area contributed by atoms with Crippen molar-refractivity contribution in [3.63, 3.8) is 0 Å². The quantitative estimate of drug-likeness (QED) is 0.576. The second kappa shape index (κ2) is 10.1. The van der Waals surface area contributed by atoms with E-state index in [1.807, 2.05) is 13.2 Å². The van der Waals surface area contributed by atoms with Gasteiger partial charge in [0.05, 0.1) is 6.54 Å². The van der Waals surface area contributed by atoms with Crippen molar-refractivity contribution in [1.29, 1.82) is 0 Å². The van der Waals surface area contributed by atoms with Crippen LogP contribution in [0.5, 0.6) is 0 Å². The third-order valence-electron chi connectivity index (χ3n) is 5.12. The van der Waals surface area contributed by atoms with Gasteiger partial charge in [0.2, 0.25) is 0 Å². The van der Waals surface area contributed by atoms with Crippen molar-refractivity contribution in [3.8, 4) is 0 Å². The van der Waals surface area contributed by atoms with Gasteiger partial charge in [0.25, 0.3) is 0 Å². The fourth-order valence-corrected chi connectivity index (χ4v) is 4.12. The maximum absolute atomic E-state index is 4.46. The Morgan fingerprint density at radius 3 is 2.64 bits per heavy atom. The van der Waals surface area contributed by atoms with E-state index in [2.05, 4.69) is 53.2 Å². The number of aryl methyl sites for hydroxylation is 1. The number of hydrogen-bond donors (Lipinski definition) is 2. The molecule has 1 aliphatic heterocycles. The molecular weight excluding hydrogens is 330 g/mol. The van der Waals surface area contributed by atoms with Crippen LogP contribution >= 0.6 is 11.3 Å². The summed E-state index contributed by atoms with van der Waals surface area (Å²) in [7, 11) is 1.83. The third-order valence-corrected chi connectivity index (χ3v) is 6.26. The van der Waals surface area contributed by atoms with Gasteiger partial charge in [-0.1, -0.05) is 27.7 Å². The minimum Gasteiger partial charge on any atom is -0.355 e. The molecule has 2 rings (SSSR count). The Morgan fingerprint density at radius 2 is 2.08 bits per heavy atom. The zero-order valence-corrected chi connectivity index (χ0v) is 17.3. The molecule has 2 N–H and O–H groups in total. The molecule has 1 aromatic rings. The highest BCUT2D eigenvalue weighted by Crippen LogP contribution is 2.21. The van der Waals surface area contributed by atoms with E-state index in [1.165, 1.54) is 30.8 Å². The van der Waals surface area contributed by atoms with Crippen molar-refractivity contribution in [2.24, 2.45) is 16.8 Å². The molecule has 1 unspecified atom stereocenters. The molecule has 0 aromatic carbocycles. The van der Waals surface area contributed by atoms with E-state index in [0.717, 1.165) is 36.4 Å². The van der Waals surface area contributed by atoms with Crippen LogP contribution in [0, 0.1) is 11.8 Å². The Bertz CT molecular complexity index is 532. The zero-order valence-electron chi connectivity index (χ0n) is 16.5. The van der Waals surface area contributed by atoms with Gasteiger partial charge in [0, 0.05) is 30.7 Å². The molecule has 1 fully saturated rings. The van der Waals surface area contributed by atoms with Gasteiger partial charge in [-0.05, 0) is 44.2 Å². The highest BCUT2D eigenvalue weighted by Gasteiger charge is 2.25. The lowest BCUT2D eigenvalue weighted by atomic mass is 9.94. The van der Waals surface area contributed by atoms with Crippen molar-refractivity contribution >= 4 is 17.3 Å². The Morgan fingerprint density at radius 1 is 1.36 bits per heavy atom. The Labute approximate surface area is 157 Å². The predicted molar refractivity (Wildman–Crippen MR) is 108 cm³/mol. The van der Waals surface area contributed by atoms with E-state index in [4.69, 9.17) is 0 Å². The maximum atomic E-state index is 4.46. The highest BCUT2D eigenvalue weighted by atomic mass is 32.1. The Hall–Kier alpha value is -1.14. The van der Waals surface area contributed by atoms with Gasteiger partial charge in [-0.25, -0.2) is 4.98 Å². The highest BCUT2D eigenvalue weighted by molar-refractivity contribution is 7.11. The van der Waals surface area contributed by atoms with Gasteiger partial charge in [0.15, 0.2) is 5.96 Å². The molecule has 2 heterocycles. The fraction of sp³-hybridized carbons (Fsp3) is 0.789. The summed E-state index contributed by atoms with van der Waals surface area (Å²) in [6, 6.07) is 0.553. The molecule has 0 radical (unpaired) electrons. The van der Waals surface area contributed by atoms with Crippen molar-refractivity contribution in [2.75, 3.05) is 26.7 Å². The van der Waals surface area contributed by atoms with Crippen LogP contribution in [0.1, 0.15) is 50.4 Å². The number of aromatic nitrogens is 1. The van der Waals surface area contributed by atoms with Crippen LogP contribution < -0.4 is 10.6 Å². The van der Waals surface area contributed by atoms with Crippen LogP contribution in [0.25, 0.3) is 0 Å². The molecule has 0 saturated carbocycles. The van der Waals surface area contributed by atoms with E-state index < -0.39 is 0 Å². The van der Waals surface area contributed by atoms with Crippen LogP contribution in [-0.2, 0) is 13.0 Å². The number of rotatable bonds is 7. The summed E-state index contributed by atoms with van der Waals surface area (Å²) >= 11 is 1.77. The summed E-state index contributed by atoms with van der Waals surface area (Å²) in [5.74, 6) is 2.37. The van der Waals surface area contributed by atoms with Crippen LogP contribution in [0.4, 0.5) is 0 Å². The molecule has 6 heteroatoms. The summed E-state index contributed by atoms with van der Waals surface area (Å²) in [6.07, 6.45) is 5.67. The molecule has 0 bridgehead atoms. The van der Waals surface area contributed by atoms with Crippen molar-refractivity contribution in [2.45, 2.75) is 59.5 Å². The SMILES string of the molecule is CCc1cnc(CNC(=NC)NCC(C(C)C)N2CCC(C)CC2)s1. The third kappa shape index (κ3) is 6.26. The Balaban J connectivity index is 1.82. The first-order chi connectivity index (χ1) is 12.0. The average molecular weight is 366 g/mol. The van der Waals surface area contributed by atoms with Crippen LogP contribution in [0.15, 0.2) is 11.2 Å². The van der Waals surface area contributed by atoms with Gasteiger partial charge >= 0.3 is 0 Å². The normalized spacial score (nSPS) is 18.6. The Kier molecular flexibility index (Phi) is 8.16. The number of aliphatic imine (C=N–C) groups is 1. The molecular formula is C19H35N5S. The van der Waals surface area contributed by atoms with E-state index in [9.17, 15) is 0 Å². The minimum absolute atomic E-state index is 0.553. The van der Waals surface area contributed by atoms with Gasteiger partial charge in [-0.15, -0.1) is 11.3 Å².